The Kier molecular flexibility index (Phi) is 11.6. The van der Waals surface area contributed by atoms with Crippen LogP contribution in [0.15, 0.2) is 12.7 Å². The Morgan fingerprint density at radius 1 is 0.880 bits per heavy atom. The molecule has 0 aromatic heterocycles. The van der Waals surface area contributed by atoms with Gasteiger partial charge in [0.1, 0.15) is 0 Å². The molecule has 0 heterocycles. The molecule has 0 aromatic carbocycles. The molecule has 0 fully saturated rings. The summed E-state index contributed by atoms with van der Waals surface area (Å²) in [4.78, 5) is 0. The molecular formula is C13H22F7NO3S. The number of rotatable bonds is 10. The topological polar surface area (TPSA) is 80.4 Å². The predicted molar refractivity (Wildman–Crippen MR) is 79.1 cm³/mol. The van der Waals surface area contributed by atoms with E-state index in [1.807, 2.05) is 0 Å². The van der Waals surface area contributed by atoms with Gasteiger partial charge in [-0.1, -0.05) is 25.3 Å². The van der Waals surface area contributed by atoms with E-state index in [1.54, 1.807) is 6.08 Å². The first-order valence-electron chi connectivity index (χ1n) is 7.22. The fraction of sp³-hybridized carbons (Fsp3) is 0.846. The van der Waals surface area contributed by atoms with E-state index in [4.69, 9.17) is 10.3 Å². The molecule has 0 aromatic rings. The van der Waals surface area contributed by atoms with Crippen molar-refractivity contribution in [1.29, 1.82) is 0 Å². The third kappa shape index (κ3) is 11.4. The molecule has 0 atom stereocenters. The van der Waals surface area contributed by atoms with Crippen LogP contribution in [0.3, 0.4) is 0 Å². The Hall–Kier alpha value is -0.880. The Morgan fingerprint density at radius 3 is 1.56 bits per heavy atom. The number of hydrogen-bond acceptors (Lipinski definition) is 3. The van der Waals surface area contributed by atoms with E-state index in [-0.39, 0.29) is 25.7 Å². The van der Waals surface area contributed by atoms with Gasteiger partial charge in [-0.2, -0.15) is 39.2 Å². The van der Waals surface area contributed by atoms with E-state index in [0.717, 1.165) is 0 Å². The van der Waals surface area contributed by atoms with E-state index in [0.29, 0.717) is 6.54 Å². The lowest BCUT2D eigenvalue weighted by Crippen LogP contribution is -2.46. The number of halogens is 7. The maximum absolute atomic E-state index is 13.0. The molecule has 25 heavy (non-hydrogen) atoms. The zero-order valence-corrected chi connectivity index (χ0v) is 14.2. The van der Waals surface area contributed by atoms with Crippen LogP contribution in [0.1, 0.15) is 44.9 Å². The van der Waals surface area contributed by atoms with Gasteiger partial charge < -0.3 is 5.73 Å². The van der Waals surface area contributed by atoms with Crippen LogP contribution < -0.4 is 5.73 Å². The van der Waals surface area contributed by atoms with E-state index in [1.165, 1.54) is 0 Å². The first-order valence-corrected chi connectivity index (χ1v) is 8.66. The first kappa shape index (κ1) is 26.4. The summed E-state index contributed by atoms with van der Waals surface area (Å²) in [5.74, 6) is -4.94. The van der Waals surface area contributed by atoms with Gasteiger partial charge in [0.2, 0.25) is 0 Å². The average molecular weight is 405 g/mol. The Bertz CT molecular complexity index is 479. The van der Waals surface area contributed by atoms with Crippen molar-refractivity contribution in [1.82, 2.24) is 0 Å². The summed E-state index contributed by atoms with van der Waals surface area (Å²) >= 11 is 0. The minimum atomic E-state index is -6.24. The zero-order valence-electron chi connectivity index (χ0n) is 13.3. The Labute approximate surface area is 142 Å². The molecule has 0 bridgehead atoms. The van der Waals surface area contributed by atoms with Crippen LogP contribution in [0.4, 0.5) is 30.7 Å². The number of alkyl halides is 7. The molecule has 0 radical (unpaired) electrons. The molecule has 0 aliphatic rings. The molecule has 152 valence electrons. The number of hydrogen-bond donors (Lipinski definition) is 2. The molecule has 3 N–H and O–H groups in total. The summed E-state index contributed by atoms with van der Waals surface area (Å²) in [5.41, 5.74) is 4.91. The van der Waals surface area contributed by atoms with Crippen molar-refractivity contribution >= 4 is 10.1 Å². The summed E-state index contributed by atoms with van der Waals surface area (Å²) in [6.45, 7) is 3.94. The van der Waals surface area contributed by atoms with Crippen molar-refractivity contribution in [3.8, 4) is 0 Å². The highest BCUT2D eigenvalue weighted by Gasteiger charge is 2.64. The van der Waals surface area contributed by atoms with Gasteiger partial charge in [0.05, 0.1) is 0 Å². The predicted octanol–water partition coefficient (Wildman–Crippen LogP) is 4.53. The van der Waals surface area contributed by atoms with Gasteiger partial charge in [-0.25, -0.2) is 0 Å². The SMILES string of the molecule is C=CCN.O=S(=O)(O)C(F)(F)C(F)(F)CCCCCCCC(F)(F)F. The molecule has 0 saturated carbocycles. The van der Waals surface area contributed by atoms with Crippen molar-refractivity contribution in [3.63, 3.8) is 0 Å². The van der Waals surface area contributed by atoms with Gasteiger partial charge in [0.25, 0.3) is 0 Å². The van der Waals surface area contributed by atoms with E-state index in [9.17, 15) is 39.2 Å². The first-order chi connectivity index (χ1) is 11.1. The molecule has 0 aliphatic carbocycles. The van der Waals surface area contributed by atoms with Gasteiger partial charge in [-0.05, 0) is 12.8 Å². The average Bonchev–Trinajstić information content (AvgIpc) is 2.44. The van der Waals surface area contributed by atoms with Crippen molar-refractivity contribution in [2.24, 2.45) is 5.73 Å². The Morgan fingerprint density at radius 2 is 1.24 bits per heavy atom. The third-order valence-corrected chi connectivity index (χ3v) is 3.81. The molecule has 0 spiro atoms. The fourth-order valence-electron chi connectivity index (χ4n) is 1.54. The largest absolute Gasteiger partial charge is 0.431 e. The summed E-state index contributed by atoms with van der Waals surface area (Å²) < 4.78 is 115. The van der Waals surface area contributed by atoms with Crippen molar-refractivity contribution in [2.45, 2.75) is 62.3 Å². The van der Waals surface area contributed by atoms with Crippen molar-refractivity contribution in [3.05, 3.63) is 12.7 Å². The van der Waals surface area contributed by atoms with Gasteiger partial charge >= 0.3 is 27.5 Å². The molecular weight excluding hydrogens is 383 g/mol. The van der Waals surface area contributed by atoms with Crippen LogP contribution in [-0.2, 0) is 10.1 Å². The van der Waals surface area contributed by atoms with Crippen molar-refractivity contribution in [2.75, 3.05) is 6.54 Å². The standard InChI is InChI=1S/C10H15F7O3S.C3H7N/c11-8(12,10(16,17)21(18,19)20)6-4-2-1-3-5-7-9(13,14)15;1-2-3-4/h1-7H2,(H,18,19,20);2H,1,3-4H2. The van der Waals surface area contributed by atoms with Crippen LogP contribution in [0.5, 0.6) is 0 Å². The lowest BCUT2D eigenvalue weighted by Gasteiger charge is -2.23. The number of nitrogens with two attached hydrogens (primary N) is 1. The van der Waals surface area contributed by atoms with Crippen LogP contribution in [0.25, 0.3) is 0 Å². The molecule has 0 amide bonds. The zero-order chi connectivity index (χ0) is 20.4. The highest BCUT2D eigenvalue weighted by molar-refractivity contribution is 7.87. The normalized spacial score (nSPS) is 13.2. The smallest absolute Gasteiger partial charge is 0.327 e. The summed E-state index contributed by atoms with van der Waals surface area (Å²) in [6.07, 6.45) is -5.66. The third-order valence-electron chi connectivity index (χ3n) is 2.87. The monoisotopic (exact) mass is 405 g/mol. The molecule has 0 unspecified atom stereocenters. The van der Waals surface area contributed by atoms with Crippen molar-refractivity contribution < 1.29 is 43.7 Å². The van der Waals surface area contributed by atoms with Gasteiger partial charge in [0, 0.05) is 19.4 Å². The highest BCUT2D eigenvalue weighted by Crippen LogP contribution is 2.41. The lowest BCUT2D eigenvalue weighted by atomic mass is 10.1. The highest BCUT2D eigenvalue weighted by atomic mass is 32.2. The molecule has 0 saturated heterocycles. The number of unbranched alkanes of at least 4 members (excludes halogenated alkanes) is 4. The second kappa shape index (κ2) is 11.0. The van der Waals surface area contributed by atoms with E-state index < -0.39 is 46.7 Å². The minimum absolute atomic E-state index is 0.0466. The van der Waals surface area contributed by atoms with E-state index >= 15 is 0 Å². The second-order valence-corrected chi connectivity index (χ2v) is 6.57. The quantitative estimate of drug-likeness (QED) is 0.242. The van der Waals surface area contributed by atoms with Gasteiger partial charge in [-0.3, -0.25) is 4.55 Å². The second-order valence-electron chi connectivity index (χ2n) is 5.10. The van der Waals surface area contributed by atoms with E-state index in [2.05, 4.69) is 6.58 Å². The summed E-state index contributed by atoms with van der Waals surface area (Å²) in [7, 11) is -6.24. The van der Waals surface area contributed by atoms with Crippen LogP contribution in [0, 0.1) is 0 Å². The molecule has 4 nitrogen and oxygen atoms in total. The van der Waals surface area contributed by atoms with Crippen LogP contribution in [0.2, 0.25) is 0 Å². The lowest BCUT2D eigenvalue weighted by molar-refractivity contribution is -0.164. The van der Waals surface area contributed by atoms with Crippen LogP contribution in [-0.4, -0.2) is 36.9 Å². The van der Waals surface area contributed by atoms with Gasteiger partial charge in [0.15, 0.2) is 0 Å². The maximum Gasteiger partial charge on any atom is 0.431 e. The van der Waals surface area contributed by atoms with Crippen LogP contribution >= 0.6 is 0 Å². The Balaban J connectivity index is 0. The molecule has 0 aliphatic heterocycles. The minimum Gasteiger partial charge on any atom is -0.327 e. The maximum atomic E-state index is 13.0. The summed E-state index contributed by atoms with van der Waals surface area (Å²) in [5, 5.41) is -5.59. The molecule has 0 rings (SSSR count). The van der Waals surface area contributed by atoms with Gasteiger partial charge in [-0.15, -0.1) is 6.58 Å². The molecule has 12 heteroatoms. The fourth-order valence-corrected chi connectivity index (χ4v) is 2.02. The summed E-state index contributed by atoms with van der Waals surface area (Å²) in [6, 6.07) is 0.